The van der Waals surface area contributed by atoms with Gasteiger partial charge in [-0.15, -0.1) is 0 Å². The van der Waals surface area contributed by atoms with Gasteiger partial charge in [0.25, 0.3) is 0 Å². The molecular weight excluding hydrogens is 298 g/mol. The minimum atomic E-state index is -0.611. The van der Waals surface area contributed by atoms with Crippen molar-refractivity contribution in [2.24, 2.45) is 7.05 Å². The molecule has 2 aromatic rings. The number of esters is 1. The third-order valence-corrected chi connectivity index (χ3v) is 3.01. The predicted molar refractivity (Wildman–Crippen MR) is 85.2 cm³/mol. The Bertz CT molecular complexity index is 732. The number of aromatic nitrogens is 2. The molecule has 0 atom stereocenters. The first kappa shape index (κ1) is 16.3. The summed E-state index contributed by atoms with van der Waals surface area (Å²) in [6.45, 7) is 0. The minimum Gasteiger partial charge on any atom is -0.497 e. The second-order valence-corrected chi connectivity index (χ2v) is 4.65. The Morgan fingerprint density at radius 3 is 2.52 bits per heavy atom. The van der Waals surface area contributed by atoms with Gasteiger partial charge in [-0.3, -0.25) is 9.48 Å². The van der Waals surface area contributed by atoms with E-state index in [0.29, 0.717) is 5.69 Å². The second-order valence-electron chi connectivity index (χ2n) is 4.65. The normalized spacial score (nSPS) is 10.6. The van der Waals surface area contributed by atoms with E-state index in [9.17, 15) is 9.59 Å². The van der Waals surface area contributed by atoms with Gasteiger partial charge in [-0.2, -0.15) is 5.10 Å². The maximum absolute atomic E-state index is 12.0. The number of amides is 1. The molecule has 0 saturated heterocycles. The van der Waals surface area contributed by atoms with E-state index in [1.807, 2.05) is 12.1 Å². The number of methoxy groups -OCH3 is 2. The number of benzene rings is 1. The first-order valence-corrected chi connectivity index (χ1v) is 6.78. The molecule has 23 heavy (non-hydrogen) atoms. The average Bonchev–Trinajstić information content (AvgIpc) is 2.93. The molecule has 1 N–H and O–H groups in total. The van der Waals surface area contributed by atoms with Crippen molar-refractivity contribution in [1.82, 2.24) is 9.78 Å². The summed E-state index contributed by atoms with van der Waals surface area (Å²) < 4.78 is 11.1. The number of hydrogen-bond donors (Lipinski definition) is 1. The maximum atomic E-state index is 12.0. The van der Waals surface area contributed by atoms with Crippen molar-refractivity contribution in [3.63, 3.8) is 0 Å². The lowest BCUT2D eigenvalue weighted by molar-refractivity contribution is -0.111. The molecule has 120 valence electrons. The highest BCUT2D eigenvalue weighted by atomic mass is 16.5. The van der Waals surface area contributed by atoms with Gasteiger partial charge in [-0.25, -0.2) is 4.79 Å². The predicted octanol–water partition coefficient (Wildman–Crippen LogP) is 1.87. The van der Waals surface area contributed by atoms with Gasteiger partial charge in [-0.1, -0.05) is 12.1 Å². The zero-order valence-electron chi connectivity index (χ0n) is 13.1. The SMILES string of the molecule is COC(=O)c1nn(C)cc1NC(=O)/C=C/c1ccc(OC)cc1. The van der Waals surface area contributed by atoms with E-state index in [1.165, 1.54) is 24.1 Å². The van der Waals surface area contributed by atoms with Crippen molar-refractivity contribution >= 4 is 23.6 Å². The molecule has 7 nitrogen and oxygen atoms in total. The molecule has 0 spiro atoms. The third kappa shape index (κ3) is 4.19. The Kier molecular flexibility index (Phi) is 5.14. The van der Waals surface area contributed by atoms with E-state index < -0.39 is 5.97 Å². The van der Waals surface area contributed by atoms with Gasteiger partial charge in [0.2, 0.25) is 5.91 Å². The van der Waals surface area contributed by atoms with E-state index in [1.54, 1.807) is 32.4 Å². The van der Waals surface area contributed by atoms with Crippen molar-refractivity contribution < 1.29 is 19.1 Å². The fourth-order valence-electron chi connectivity index (χ4n) is 1.89. The van der Waals surface area contributed by atoms with Crippen molar-refractivity contribution in [2.45, 2.75) is 0 Å². The molecule has 0 bridgehead atoms. The Labute approximate surface area is 133 Å². The van der Waals surface area contributed by atoms with Crippen LogP contribution in [-0.2, 0) is 16.6 Å². The molecule has 0 aliphatic carbocycles. The zero-order valence-corrected chi connectivity index (χ0v) is 13.1. The lowest BCUT2D eigenvalue weighted by Crippen LogP contribution is -2.12. The van der Waals surface area contributed by atoms with Crippen molar-refractivity contribution in [1.29, 1.82) is 0 Å². The average molecular weight is 315 g/mol. The number of anilines is 1. The fourth-order valence-corrected chi connectivity index (χ4v) is 1.89. The molecule has 1 heterocycles. The molecule has 1 aromatic carbocycles. The van der Waals surface area contributed by atoms with Gasteiger partial charge in [0.05, 0.1) is 19.9 Å². The smallest absolute Gasteiger partial charge is 0.360 e. The number of hydrogen-bond acceptors (Lipinski definition) is 5. The Morgan fingerprint density at radius 1 is 1.22 bits per heavy atom. The van der Waals surface area contributed by atoms with Crippen LogP contribution in [-0.4, -0.2) is 35.9 Å². The van der Waals surface area contributed by atoms with Gasteiger partial charge in [0.1, 0.15) is 5.75 Å². The summed E-state index contributed by atoms with van der Waals surface area (Å²) in [6, 6.07) is 7.25. The number of carbonyl (C=O) groups is 2. The number of nitrogens with zero attached hydrogens (tertiary/aromatic N) is 2. The van der Waals surface area contributed by atoms with Crippen LogP contribution in [0.25, 0.3) is 6.08 Å². The third-order valence-electron chi connectivity index (χ3n) is 3.01. The standard InChI is InChI=1S/C16H17N3O4/c1-19-10-13(15(18-19)16(21)23-3)17-14(20)9-6-11-4-7-12(22-2)8-5-11/h4-10H,1-3H3,(H,17,20)/b9-6+. The molecule has 0 aliphatic heterocycles. The van der Waals surface area contributed by atoms with E-state index >= 15 is 0 Å². The van der Waals surface area contributed by atoms with E-state index in [-0.39, 0.29) is 11.6 Å². The molecule has 1 amide bonds. The number of aryl methyl sites for hydroxylation is 1. The largest absolute Gasteiger partial charge is 0.497 e. The lowest BCUT2D eigenvalue weighted by Gasteiger charge is -2.01. The van der Waals surface area contributed by atoms with Gasteiger partial charge in [-0.05, 0) is 23.8 Å². The summed E-state index contributed by atoms with van der Waals surface area (Å²) in [4.78, 5) is 23.6. The van der Waals surface area contributed by atoms with E-state index in [2.05, 4.69) is 15.2 Å². The Hall–Kier alpha value is -3.09. The fraction of sp³-hybridized carbons (Fsp3) is 0.188. The van der Waals surface area contributed by atoms with Crippen molar-refractivity contribution in [2.75, 3.05) is 19.5 Å². The minimum absolute atomic E-state index is 0.0567. The summed E-state index contributed by atoms with van der Waals surface area (Å²) in [7, 11) is 4.49. The number of nitrogens with one attached hydrogen (secondary N) is 1. The highest BCUT2D eigenvalue weighted by Gasteiger charge is 2.17. The van der Waals surface area contributed by atoms with Gasteiger partial charge in [0.15, 0.2) is 5.69 Å². The number of carbonyl (C=O) groups excluding carboxylic acids is 2. The Balaban J connectivity index is 2.07. The Morgan fingerprint density at radius 2 is 1.91 bits per heavy atom. The number of rotatable bonds is 5. The summed E-state index contributed by atoms with van der Waals surface area (Å²) >= 11 is 0. The first-order chi connectivity index (χ1) is 11.0. The summed E-state index contributed by atoms with van der Waals surface area (Å²) in [5, 5.41) is 6.57. The molecule has 1 aromatic heterocycles. The van der Waals surface area contributed by atoms with Crippen LogP contribution in [0.4, 0.5) is 5.69 Å². The van der Waals surface area contributed by atoms with Crippen LogP contribution in [0.2, 0.25) is 0 Å². The molecule has 0 radical (unpaired) electrons. The van der Waals surface area contributed by atoms with Gasteiger partial charge in [0, 0.05) is 19.3 Å². The van der Waals surface area contributed by atoms with Crippen LogP contribution in [0.1, 0.15) is 16.1 Å². The number of ether oxygens (including phenoxy) is 2. The molecule has 7 heteroatoms. The lowest BCUT2D eigenvalue weighted by atomic mass is 10.2. The van der Waals surface area contributed by atoms with Crippen LogP contribution in [0.5, 0.6) is 5.75 Å². The highest BCUT2D eigenvalue weighted by molar-refractivity contribution is 6.05. The highest BCUT2D eigenvalue weighted by Crippen LogP contribution is 2.15. The molecule has 2 rings (SSSR count). The van der Waals surface area contributed by atoms with Crippen molar-refractivity contribution in [3.8, 4) is 5.75 Å². The molecule has 0 aliphatic rings. The topological polar surface area (TPSA) is 82.5 Å². The zero-order chi connectivity index (χ0) is 16.8. The second kappa shape index (κ2) is 7.26. The quantitative estimate of drug-likeness (QED) is 0.673. The van der Waals surface area contributed by atoms with Gasteiger partial charge >= 0.3 is 5.97 Å². The van der Waals surface area contributed by atoms with Crippen molar-refractivity contribution in [3.05, 3.63) is 47.8 Å². The molecule has 0 fully saturated rings. The van der Waals surface area contributed by atoms with Crippen LogP contribution >= 0.6 is 0 Å². The van der Waals surface area contributed by atoms with Crippen LogP contribution < -0.4 is 10.1 Å². The van der Waals surface area contributed by atoms with Crippen LogP contribution in [0, 0.1) is 0 Å². The van der Waals surface area contributed by atoms with Crippen LogP contribution in [0.15, 0.2) is 36.5 Å². The molecule has 0 saturated carbocycles. The monoisotopic (exact) mass is 315 g/mol. The molecular formula is C16H17N3O4. The maximum Gasteiger partial charge on any atom is 0.360 e. The van der Waals surface area contributed by atoms with E-state index in [0.717, 1.165) is 11.3 Å². The van der Waals surface area contributed by atoms with Crippen LogP contribution in [0.3, 0.4) is 0 Å². The van der Waals surface area contributed by atoms with Gasteiger partial charge < -0.3 is 14.8 Å². The van der Waals surface area contributed by atoms with E-state index in [4.69, 9.17) is 4.74 Å². The summed E-state index contributed by atoms with van der Waals surface area (Å²) in [5.74, 6) is -0.247. The first-order valence-electron chi connectivity index (χ1n) is 6.78. The summed E-state index contributed by atoms with van der Waals surface area (Å²) in [5.41, 5.74) is 1.20. The summed E-state index contributed by atoms with van der Waals surface area (Å²) in [6.07, 6.45) is 4.56. The molecule has 0 unspecified atom stereocenters.